The number of hydrogen-bond acceptors (Lipinski definition) is 6. The number of carbonyl (C=O) groups excluding carboxylic acids is 1. The molecule has 3 N–H and O–H groups in total. The Morgan fingerprint density at radius 2 is 2.00 bits per heavy atom. The molecule has 0 atom stereocenters. The van der Waals surface area contributed by atoms with Gasteiger partial charge >= 0.3 is 0 Å². The van der Waals surface area contributed by atoms with Crippen molar-refractivity contribution in [3.05, 3.63) is 53.9 Å². The molecule has 1 saturated heterocycles. The second kappa shape index (κ2) is 9.11. The lowest BCUT2D eigenvalue weighted by molar-refractivity contribution is 0.102. The summed E-state index contributed by atoms with van der Waals surface area (Å²) in [6.07, 6.45) is 9.14. The first-order valence-corrected chi connectivity index (χ1v) is 13.0. The summed E-state index contributed by atoms with van der Waals surface area (Å²) in [5.41, 5.74) is 2.94. The number of aromatic nitrogens is 4. The van der Waals surface area contributed by atoms with Crippen molar-refractivity contribution in [1.82, 2.24) is 24.5 Å². The van der Waals surface area contributed by atoms with Crippen LogP contribution in [0.25, 0.3) is 16.6 Å². The van der Waals surface area contributed by atoms with Gasteiger partial charge in [0.2, 0.25) is 0 Å². The van der Waals surface area contributed by atoms with Crippen LogP contribution in [0.15, 0.2) is 36.8 Å². The number of fused-ring (bicyclic) bond motifs is 2. The predicted molar refractivity (Wildman–Crippen MR) is 141 cm³/mol. The van der Waals surface area contributed by atoms with Crippen LogP contribution in [0.3, 0.4) is 0 Å². The molecule has 3 aromatic heterocycles. The van der Waals surface area contributed by atoms with Gasteiger partial charge in [-0.2, -0.15) is 5.10 Å². The molecule has 0 radical (unpaired) electrons. The third-order valence-corrected chi connectivity index (χ3v) is 7.54. The second-order valence-electron chi connectivity index (χ2n) is 10.4. The maximum atomic E-state index is 14.5. The molecule has 4 heterocycles. The molecule has 37 heavy (non-hydrogen) atoms. The molecule has 1 aliphatic carbocycles. The number of benzene rings is 1. The monoisotopic (exact) mass is 505 g/mol. The molecule has 1 aliphatic heterocycles. The minimum absolute atomic E-state index is 0.228. The summed E-state index contributed by atoms with van der Waals surface area (Å²) in [5, 5.41) is 22.1. The molecule has 2 fully saturated rings. The zero-order chi connectivity index (χ0) is 25.7. The van der Waals surface area contributed by atoms with E-state index in [2.05, 4.69) is 20.5 Å². The number of amides is 1. The van der Waals surface area contributed by atoms with Gasteiger partial charge in [0, 0.05) is 68.0 Å². The number of piperidine rings is 1. The van der Waals surface area contributed by atoms with Gasteiger partial charge in [0.15, 0.2) is 11.5 Å². The number of halogens is 1. The van der Waals surface area contributed by atoms with E-state index in [4.69, 9.17) is 5.10 Å². The minimum Gasteiger partial charge on any atom is -0.389 e. The van der Waals surface area contributed by atoms with Crippen molar-refractivity contribution in [3.8, 4) is 0 Å². The Morgan fingerprint density at radius 1 is 1.22 bits per heavy atom. The molecule has 194 valence electrons. The molecule has 1 amide bonds. The summed E-state index contributed by atoms with van der Waals surface area (Å²) in [5.74, 6) is -0.833. The number of pyridine rings is 1. The van der Waals surface area contributed by atoms with Gasteiger partial charge in [-0.15, -0.1) is 0 Å². The molecule has 0 unspecified atom stereocenters. The summed E-state index contributed by atoms with van der Waals surface area (Å²) in [4.78, 5) is 19.8. The van der Waals surface area contributed by atoms with Gasteiger partial charge in [-0.3, -0.25) is 9.48 Å². The van der Waals surface area contributed by atoms with Crippen LogP contribution in [0.5, 0.6) is 0 Å². The number of imidazole rings is 1. The van der Waals surface area contributed by atoms with E-state index in [1.54, 1.807) is 23.7 Å². The number of rotatable bonds is 7. The standard InChI is InChI=1S/C27H32FN7O2/c1-3-35-15-21-23(33-10-6-18(7-11-33)29-16-27(37)8-9-27)5-4-20(24(21)32-35)26(36)31-19-12-22(28)25-30-17(2)13-34(25)14-19/h4-5,12-15,18,29,37H,3,6-11,16H2,1-2H3,(H,31,36). The van der Waals surface area contributed by atoms with Gasteiger partial charge in [-0.1, -0.05) is 0 Å². The van der Waals surface area contributed by atoms with Crippen molar-refractivity contribution in [3.63, 3.8) is 0 Å². The lowest BCUT2D eigenvalue weighted by Gasteiger charge is -2.35. The van der Waals surface area contributed by atoms with Crippen molar-refractivity contribution in [2.75, 3.05) is 29.9 Å². The van der Waals surface area contributed by atoms with Crippen molar-refractivity contribution < 1.29 is 14.3 Å². The van der Waals surface area contributed by atoms with Crippen LogP contribution < -0.4 is 15.5 Å². The fraction of sp³-hybridized carbons (Fsp3) is 0.444. The Hall–Kier alpha value is -3.50. The van der Waals surface area contributed by atoms with Gasteiger partial charge in [-0.25, -0.2) is 9.37 Å². The highest BCUT2D eigenvalue weighted by Gasteiger charge is 2.40. The van der Waals surface area contributed by atoms with E-state index in [0.717, 1.165) is 49.8 Å². The van der Waals surface area contributed by atoms with E-state index in [1.165, 1.54) is 6.07 Å². The molecule has 2 aliphatic rings. The lowest BCUT2D eigenvalue weighted by atomic mass is 10.0. The predicted octanol–water partition coefficient (Wildman–Crippen LogP) is 3.49. The molecule has 0 bridgehead atoms. The maximum Gasteiger partial charge on any atom is 0.257 e. The van der Waals surface area contributed by atoms with Crippen molar-refractivity contribution >= 4 is 33.8 Å². The number of aliphatic hydroxyl groups is 1. The zero-order valence-electron chi connectivity index (χ0n) is 21.2. The highest BCUT2D eigenvalue weighted by atomic mass is 19.1. The molecule has 1 saturated carbocycles. The van der Waals surface area contributed by atoms with Gasteiger partial charge < -0.3 is 25.0 Å². The van der Waals surface area contributed by atoms with Crippen LogP contribution in [-0.2, 0) is 6.54 Å². The van der Waals surface area contributed by atoms with Gasteiger partial charge in [0.1, 0.15) is 5.52 Å². The first-order chi connectivity index (χ1) is 17.8. The number of carbonyl (C=O) groups is 1. The van der Waals surface area contributed by atoms with Crippen molar-refractivity contribution in [1.29, 1.82) is 0 Å². The van der Waals surface area contributed by atoms with E-state index in [1.807, 2.05) is 29.9 Å². The summed E-state index contributed by atoms with van der Waals surface area (Å²) in [6.45, 7) is 6.94. The van der Waals surface area contributed by atoms with Crippen LogP contribution >= 0.6 is 0 Å². The molecule has 1 aromatic carbocycles. The Balaban J connectivity index is 1.23. The first-order valence-electron chi connectivity index (χ1n) is 13.0. The molecule has 6 rings (SSSR count). The largest absolute Gasteiger partial charge is 0.389 e. The Morgan fingerprint density at radius 3 is 2.73 bits per heavy atom. The van der Waals surface area contributed by atoms with Crippen molar-refractivity contribution in [2.45, 2.75) is 57.7 Å². The molecule has 10 heteroatoms. The van der Waals surface area contributed by atoms with Gasteiger partial charge in [0.05, 0.1) is 22.5 Å². The van der Waals surface area contributed by atoms with E-state index in [-0.39, 0.29) is 11.6 Å². The fourth-order valence-corrected chi connectivity index (χ4v) is 5.19. The molecule has 0 spiro atoms. The molecule has 9 nitrogen and oxygen atoms in total. The summed E-state index contributed by atoms with van der Waals surface area (Å²) >= 11 is 0. The van der Waals surface area contributed by atoms with E-state index in [0.29, 0.717) is 41.6 Å². The number of nitrogens with one attached hydrogen (secondary N) is 2. The highest BCUT2D eigenvalue weighted by Crippen LogP contribution is 2.35. The maximum absolute atomic E-state index is 14.5. The van der Waals surface area contributed by atoms with E-state index < -0.39 is 11.4 Å². The lowest BCUT2D eigenvalue weighted by Crippen LogP contribution is -2.45. The third-order valence-electron chi connectivity index (χ3n) is 7.54. The number of nitrogens with zero attached hydrogens (tertiary/aromatic N) is 5. The van der Waals surface area contributed by atoms with Crippen LogP contribution in [0, 0.1) is 12.7 Å². The van der Waals surface area contributed by atoms with E-state index >= 15 is 0 Å². The SMILES string of the molecule is CCn1cc2c(N3CCC(NCC4(O)CC4)CC3)ccc(C(=O)Nc3cc(F)c4nc(C)cn4c3)c2n1. The number of hydrogen-bond donors (Lipinski definition) is 3. The zero-order valence-corrected chi connectivity index (χ0v) is 21.2. The summed E-state index contributed by atoms with van der Waals surface area (Å²) in [6, 6.07) is 5.48. The quantitative estimate of drug-likeness (QED) is 0.356. The normalized spacial score (nSPS) is 17.6. The topological polar surface area (TPSA) is 99.7 Å². The summed E-state index contributed by atoms with van der Waals surface area (Å²) in [7, 11) is 0. The highest BCUT2D eigenvalue weighted by molar-refractivity contribution is 6.13. The van der Waals surface area contributed by atoms with Crippen LogP contribution in [0.2, 0.25) is 0 Å². The molecule has 4 aromatic rings. The Labute approximate surface area is 214 Å². The number of anilines is 2. The molecular formula is C27H32FN7O2. The first kappa shape index (κ1) is 23.9. The van der Waals surface area contributed by atoms with Crippen molar-refractivity contribution in [2.24, 2.45) is 0 Å². The smallest absolute Gasteiger partial charge is 0.257 e. The number of aryl methyl sites for hydroxylation is 2. The fourth-order valence-electron chi connectivity index (χ4n) is 5.19. The van der Waals surface area contributed by atoms with E-state index in [9.17, 15) is 14.3 Å². The average Bonchev–Trinajstić information content (AvgIpc) is 3.28. The van der Waals surface area contributed by atoms with Crippen LogP contribution in [0.1, 0.15) is 48.7 Å². The molecular weight excluding hydrogens is 473 g/mol. The summed E-state index contributed by atoms with van der Waals surface area (Å²) < 4.78 is 18.0. The third kappa shape index (κ3) is 4.67. The van der Waals surface area contributed by atoms with Crippen LogP contribution in [-0.4, -0.2) is 61.5 Å². The van der Waals surface area contributed by atoms with Gasteiger partial charge in [-0.05, 0) is 51.7 Å². The average molecular weight is 506 g/mol. The van der Waals surface area contributed by atoms with Crippen LogP contribution in [0.4, 0.5) is 15.8 Å². The minimum atomic E-state index is -0.495. The second-order valence-corrected chi connectivity index (χ2v) is 10.4. The Kier molecular flexibility index (Phi) is 5.88. The Bertz CT molecular complexity index is 1480. The van der Waals surface area contributed by atoms with Gasteiger partial charge in [0.25, 0.3) is 5.91 Å².